The lowest BCUT2D eigenvalue weighted by atomic mass is 10.0. The van der Waals surface area contributed by atoms with Crippen LogP contribution in [0.2, 0.25) is 0 Å². The van der Waals surface area contributed by atoms with Crippen molar-refractivity contribution in [2.75, 3.05) is 5.73 Å². The molecule has 1 aliphatic rings. The van der Waals surface area contributed by atoms with Crippen LogP contribution in [0.25, 0.3) is 0 Å². The molecule has 2 N–H and O–H groups in total. The Kier molecular flexibility index (Phi) is 1.62. The summed E-state index contributed by atoms with van der Waals surface area (Å²) in [5.74, 6) is 0.361. The van der Waals surface area contributed by atoms with Gasteiger partial charge in [-0.25, -0.2) is 4.39 Å². The maximum Gasteiger partial charge on any atom is 0.152 e. The van der Waals surface area contributed by atoms with Crippen molar-refractivity contribution < 1.29 is 4.39 Å². The summed E-state index contributed by atoms with van der Waals surface area (Å²) < 4.78 is 15.7. The lowest BCUT2D eigenvalue weighted by Gasteiger charge is -2.11. The lowest BCUT2D eigenvalue weighted by molar-refractivity contribution is 0.195. The summed E-state index contributed by atoms with van der Waals surface area (Å²) >= 11 is 0. The van der Waals surface area contributed by atoms with E-state index in [-0.39, 0.29) is 0 Å². The Balaban J connectivity index is 2.59. The van der Waals surface area contributed by atoms with Crippen LogP contribution < -0.4 is 5.73 Å². The number of anilines is 1. The second-order valence-corrected chi connectivity index (χ2v) is 3.72. The molecular formula is C9H14FN3. The largest absolute Gasteiger partial charge is 0.382 e. The van der Waals surface area contributed by atoms with Crippen LogP contribution in [0.15, 0.2) is 0 Å². The third-order valence-electron chi connectivity index (χ3n) is 2.74. The number of nitrogens with zero attached hydrogens (tertiary/aromatic N) is 2. The summed E-state index contributed by atoms with van der Waals surface area (Å²) in [5.41, 5.74) is 6.00. The molecule has 0 spiro atoms. The molecule has 13 heavy (non-hydrogen) atoms. The van der Waals surface area contributed by atoms with Crippen LogP contribution in [0.5, 0.6) is 0 Å². The molecule has 1 aromatic heterocycles. The first kappa shape index (κ1) is 8.53. The van der Waals surface area contributed by atoms with E-state index in [9.17, 15) is 4.39 Å². The van der Waals surface area contributed by atoms with Gasteiger partial charge in [-0.15, -0.1) is 0 Å². The predicted molar refractivity (Wildman–Crippen MR) is 49.1 cm³/mol. The number of aromatic nitrogens is 2. The Labute approximate surface area is 76.7 Å². The second kappa shape index (κ2) is 2.47. The molecule has 1 aromatic rings. The van der Waals surface area contributed by atoms with Gasteiger partial charge >= 0.3 is 0 Å². The average Bonchev–Trinajstić information content (AvgIpc) is 2.53. The standard InChI is InChI=1S/C9H14FN3/c1-3-13-6-4-5-9(2,10)7(6)8(11)12-13/h3-5H2,1-2H3,(H2,11,12). The minimum absolute atomic E-state index is 0.361. The smallest absolute Gasteiger partial charge is 0.152 e. The Bertz CT molecular complexity index is 341. The van der Waals surface area contributed by atoms with Crippen molar-refractivity contribution in [3.05, 3.63) is 11.3 Å². The molecule has 1 aliphatic carbocycles. The van der Waals surface area contributed by atoms with E-state index in [4.69, 9.17) is 5.73 Å². The number of hydrogen-bond acceptors (Lipinski definition) is 2. The molecule has 4 heteroatoms. The summed E-state index contributed by atoms with van der Waals surface area (Å²) in [6, 6.07) is 0. The van der Waals surface area contributed by atoms with Gasteiger partial charge in [0.2, 0.25) is 0 Å². The second-order valence-electron chi connectivity index (χ2n) is 3.72. The number of halogens is 1. The number of alkyl halides is 1. The molecule has 72 valence electrons. The highest BCUT2D eigenvalue weighted by Gasteiger charge is 2.39. The zero-order valence-corrected chi connectivity index (χ0v) is 7.97. The van der Waals surface area contributed by atoms with E-state index in [1.165, 1.54) is 0 Å². The van der Waals surface area contributed by atoms with Gasteiger partial charge in [0.1, 0.15) is 5.67 Å². The van der Waals surface area contributed by atoms with Crippen LogP contribution in [-0.4, -0.2) is 9.78 Å². The fourth-order valence-corrected chi connectivity index (χ4v) is 2.08. The summed E-state index contributed by atoms with van der Waals surface area (Å²) in [6.07, 6.45) is 1.28. The maximum absolute atomic E-state index is 13.9. The van der Waals surface area contributed by atoms with Crippen molar-refractivity contribution in [3.8, 4) is 0 Å². The molecule has 2 rings (SSSR count). The zero-order chi connectivity index (χ0) is 9.64. The Morgan fingerprint density at radius 1 is 1.69 bits per heavy atom. The number of nitrogens with two attached hydrogens (primary N) is 1. The third kappa shape index (κ3) is 1.04. The molecule has 0 aromatic carbocycles. The van der Waals surface area contributed by atoms with Gasteiger partial charge < -0.3 is 5.73 Å². The van der Waals surface area contributed by atoms with E-state index >= 15 is 0 Å². The molecule has 0 fully saturated rings. The van der Waals surface area contributed by atoms with Gasteiger partial charge in [0, 0.05) is 12.2 Å². The topological polar surface area (TPSA) is 43.8 Å². The SMILES string of the molecule is CCn1nc(N)c2c1CCC2(C)F. The van der Waals surface area contributed by atoms with E-state index in [1.807, 2.05) is 6.92 Å². The number of fused-ring (bicyclic) bond motifs is 1. The van der Waals surface area contributed by atoms with Gasteiger partial charge in [-0.3, -0.25) is 4.68 Å². The molecule has 0 amide bonds. The molecule has 1 unspecified atom stereocenters. The van der Waals surface area contributed by atoms with Crippen molar-refractivity contribution in [2.45, 2.75) is 38.9 Å². The lowest BCUT2D eigenvalue weighted by Crippen LogP contribution is -2.11. The predicted octanol–water partition coefficient (Wildman–Crippen LogP) is 1.62. The van der Waals surface area contributed by atoms with E-state index in [2.05, 4.69) is 5.10 Å². The summed E-state index contributed by atoms with van der Waals surface area (Å²) in [5, 5.41) is 4.10. The molecular weight excluding hydrogens is 169 g/mol. The van der Waals surface area contributed by atoms with Gasteiger partial charge in [-0.1, -0.05) is 0 Å². The molecule has 1 heterocycles. The molecule has 0 bridgehead atoms. The van der Waals surface area contributed by atoms with Crippen molar-refractivity contribution in [3.63, 3.8) is 0 Å². The number of rotatable bonds is 1. The van der Waals surface area contributed by atoms with Crippen LogP contribution in [0.3, 0.4) is 0 Å². The number of nitrogen functional groups attached to an aromatic ring is 1. The monoisotopic (exact) mass is 183 g/mol. The molecule has 0 radical (unpaired) electrons. The highest BCUT2D eigenvalue weighted by molar-refractivity contribution is 5.49. The Hall–Kier alpha value is -1.06. The molecule has 0 saturated heterocycles. The van der Waals surface area contributed by atoms with E-state index in [1.54, 1.807) is 11.6 Å². The van der Waals surface area contributed by atoms with E-state index in [0.29, 0.717) is 17.8 Å². The van der Waals surface area contributed by atoms with E-state index in [0.717, 1.165) is 18.7 Å². The van der Waals surface area contributed by atoms with Crippen molar-refractivity contribution in [1.82, 2.24) is 9.78 Å². The van der Waals surface area contributed by atoms with Crippen LogP contribution in [-0.2, 0) is 18.6 Å². The van der Waals surface area contributed by atoms with Crippen molar-refractivity contribution in [1.29, 1.82) is 0 Å². The number of aryl methyl sites for hydroxylation is 1. The number of hydrogen-bond donors (Lipinski definition) is 1. The van der Waals surface area contributed by atoms with Gasteiger partial charge in [-0.2, -0.15) is 5.10 Å². The first-order valence-corrected chi connectivity index (χ1v) is 4.61. The van der Waals surface area contributed by atoms with Crippen LogP contribution in [0.1, 0.15) is 31.5 Å². The Morgan fingerprint density at radius 2 is 2.38 bits per heavy atom. The van der Waals surface area contributed by atoms with Crippen LogP contribution >= 0.6 is 0 Å². The maximum atomic E-state index is 13.9. The third-order valence-corrected chi connectivity index (χ3v) is 2.74. The first-order chi connectivity index (χ1) is 6.06. The highest BCUT2D eigenvalue weighted by Crippen LogP contribution is 2.42. The van der Waals surface area contributed by atoms with Crippen molar-refractivity contribution in [2.24, 2.45) is 0 Å². The normalized spacial score (nSPS) is 26.4. The van der Waals surface area contributed by atoms with Crippen LogP contribution in [0.4, 0.5) is 10.2 Å². The van der Waals surface area contributed by atoms with Gasteiger partial charge in [0.05, 0.1) is 5.56 Å². The molecule has 0 aliphatic heterocycles. The van der Waals surface area contributed by atoms with Gasteiger partial charge in [0.25, 0.3) is 0 Å². The first-order valence-electron chi connectivity index (χ1n) is 4.61. The van der Waals surface area contributed by atoms with Gasteiger partial charge in [0.15, 0.2) is 5.82 Å². The van der Waals surface area contributed by atoms with Crippen LogP contribution in [0, 0.1) is 0 Å². The molecule has 1 atom stereocenters. The van der Waals surface area contributed by atoms with Gasteiger partial charge in [-0.05, 0) is 26.7 Å². The summed E-state index contributed by atoms with van der Waals surface area (Å²) in [6.45, 7) is 4.33. The van der Waals surface area contributed by atoms with Crippen molar-refractivity contribution >= 4 is 5.82 Å². The Morgan fingerprint density at radius 3 is 3.00 bits per heavy atom. The highest BCUT2D eigenvalue weighted by atomic mass is 19.1. The fraction of sp³-hybridized carbons (Fsp3) is 0.667. The summed E-state index contributed by atoms with van der Waals surface area (Å²) in [4.78, 5) is 0. The minimum atomic E-state index is -1.27. The van der Waals surface area contributed by atoms with E-state index < -0.39 is 5.67 Å². The zero-order valence-electron chi connectivity index (χ0n) is 7.97. The quantitative estimate of drug-likeness (QED) is 0.719. The summed E-state index contributed by atoms with van der Waals surface area (Å²) in [7, 11) is 0. The fourth-order valence-electron chi connectivity index (χ4n) is 2.08. The average molecular weight is 183 g/mol. The molecule has 3 nitrogen and oxygen atoms in total. The minimum Gasteiger partial charge on any atom is -0.382 e. The molecule has 0 saturated carbocycles.